The average Bonchev–Trinajstić information content (AvgIpc) is 3.24. The number of nitro benzene ring substituents is 2. The molecule has 0 aliphatic heterocycles. The average molecular weight is 423 g/mol. The van der Waals surface area contributed by atoms with Crippen molar-refractivity contribution in [3.05, 3.63) is 79.3 Å². The first-order valence-electron chi connectivity index (χ1n) is 8.33. The Balaban J connectivity index is 1.89. The smallest absolute Gasteiger partial charge is 0.296 e. The molecule has 30 heavy (non-hydrogen) atoms. The summed E-state index contributed by atoms with van der Waals surface area (Å²) >= 11 is 1.18. The van der Waals surface area contributed by atoms with Crippen LogP contribution in [0.4, 0.5) is 17.1 Å². The van der Waals surface area contributed by atoms with E-state index in [1.807, 2.05) is 6.07 Å². The fourth-order valence-electron chi connectivity index (χ4n) is 2.51. The van der Waals surface area contributed by atoms with Crippen molar-refractivity contribution in [3.8, 4) is 23.1 Å². The van der Waals surface area contributed by atoms with E-state index >= 15 is 0 Å². The quantitative estimate of drug-likeness (QED) is 0.329. The Morgan fingerprint density at radius 3 is 2.70 bits per heavy atom. The summed E-state index contributed by atoms with van der Waals surface area (Å²) in [7, 11) is 1.40. The lowest BCUT2D eigenvalue weighted by atomic mass is 10.1. The Labute approximate surface area is 174 Å². The molecule has 0 saturated carbocycles. The molecular weight excluding hydrogens is 410 g/mol. The van der Waals surface area contributed by atoms with Gasteiger partial charge in [-0.05, 0) is 12.1 Å². The molecule has 3 rings (SSSR count). The van der Waals surface area contributed by atoms with Crippen molar-refractivity contribution in [1.82, 2.24) is 4.98 Å². The minimum absolute atomic E-state index is 0.0634. The number of anilines is 1. The van der Waals surface area contributed by atoms with Gasteiger partial charge in [0.25, 0.3) is 11.4 Å². The molecule has 0 atom stereocenters. The van der Waals surface area contributed by atoms with Crippen molar-refractivity contribution in [3.63, 3.8) is 0 Å². The van der Waals surface area contributed by atoms with Gasteiger partial charge in [-0.2, -0.15) is 5.26 Å². The van der Waals surface area contributed by atoms with Crippen LogP contribution < -0.4 is 10.1 Å². The number of allylic oxidation sites excluding steroid dienone is 1. The lowest BCUT2D eigenvalue weighted by Crippen LogP contribution is -1.98. The van der Waals surface area contributed by atoms with Crippen molar-refractivity contribution in [2.45, 2.75) is 0 Å². The fourth-order valence-corrected chi connectivity index (χ4v) is 3.31. The Kier molecular flexibility index (Phi) is 6.00. The summed E-state index contributed by atoms with van der Waals surface area (Å²) in [4.78, 5) is 25.5. The molecule has 2 aromatic carbocycles. The summed E-state index contributed by atoms with van der Waals surface area (Å²) in [5.74, 6) is 0.332. The minimum atomic E-state index is -0.561. The molecule has 1 aromatic heterocycles. The van der Waals surface area contributed by atoms with Crippen LogP contribution in [0.25, 0.3) is 16.8 Å². The lowest BCUT2D eigenvalue weighted by Gasteiger charge is -2.05. The van der Waals surface area contributed by atoms with E-state index in [9.17, 15) is 25.5 Å². The first-order valence-corrected chi connectivity index (χ1v) is 9.21. The molecule has 1 heterocycles. The van der Waals surface area contributed by atoms with Crippen LogP contribution >= 0.6 is 11.3 Å². The molecule has 0 saturated heterocycles. The van der Waals surface area contributed by atoms with Gasteiger partial charge in [-0.15, -0.1) is 11.3 Å². The van der Waals surface area contributed by atoms with Gasteiger partial charge in [0.15, 0.2) is 0 Å². The number of methoxy groups -OCH3 is 1. The Morgan fingerprint density at radius 2 is 2.03 bits per heavy atom. The minimum Gasteiger partial charge on any atom is -0.496 e. The van der Waals surface area contributed by atoms with Gasteiger partial charge in [0.1, 0.15) is 28.1 Å². The molecule has 1 N–H and O–H groups in total. The molecule has 0 fully saturated rings. The summed E-state index contributed by atoms with van der Waals surface area (Å²) < 4.78 is 4.99. The zero-order chi connectivity index (χ0) is 21.7. The number of thiazole rings is 1. The second-order valence-corrected chi connectivity index (χ2v) is 6.66. The summed E-state index contributed by atoms with van der Waals surface area (Å²) in [5.41, 5.74) is 1.09. The molecule has 0 aliphatic rings. The van der Waals surface area contributed by atoms with Crippen molar-refractivity contribution < 1.29 is 14.6 Å². The van der Waals surface area contributed by atoms with Gasteiger partial charge >= 0.3 is 0 Å². The number of hydrogen-bond acceptors (Lipinski definition) is 9. The van der Waals surface area contributed by atoms with Crippen molar-refractivity contribution in [2.75, 3.05) is 12.4 Å². The zero-order valence-corrected chi connectivity index (χ0v) is 16.3. The van der Waals surface area contributed by atoms with Gasteiger partial charge in [-0.25, -0.2) is 4.98 Å². The molecule has 0 bridgehead atoms. The van der Waals surface area contributed by atoms with E-state index in [-0.39, 0.29) is 22.6 Å². The van der Waals surface area contributed by atoms with Crippen LogP contribution in [0.1, 0.15) is 5.01 Å². The number of nitriles is 1. The molecule has 0 spiro atoms. The number of rotatable bonds is 7. The van der Waals surface area contributed by atoms with E-state index in [0.29, 0.717) is 22.0 Å². The topological polar surface area (TPSA) is 144 Å². The van der Waals surface area contributed by atoms with Crippen molar-refractivity contribution in [1.29, 1.82) is 5.26 Å². The largest absolute Gasteiger partial charge is 0.496 e. The van der Waals surface area contributed by atoms with E-state index in [4.69, 9.17) is 4.74 Å². The summed E-state index contributed by atoms with van der Waals surface area (Å²) in [6, 6.07) is 12.3. The summed E-state index contributed by atoms with van der Waals surface area (Å²) in [6.07, 6.45) is 1.32. The van der Waals surface area contributed by atoms with Crippen LogP contribution in [0.15, 0.2) is 54.0 Å². The van der Waals surface area contributed by atoms with Gasteiger partial charge in [0.2, 0.25) is 0 Å². The highest BCUT2D eigenvalue weighted by atomic mass is 32.1. The number of non-ortho nitro benzene ring substituents is 1. The summed E-state index contributed by atoms with van der Waals surface area (Å²) in [6.45, 7) is 0. The number of ether oxygens (including phenoxy) is 1. The van der Waals surface area contributed by atoms with Crippen LogP contribution in [0, 0.1) is 31.6 Å². The first kappa shape index (κ1) is 20.4. The van der Waals surface area contributed by atoms with Crippen molar-refractivity contribution in [2.24, 2.45) is 0 Å². The Bertz CT molecular complexity index is 1200. The van der Waals surface area contributed by atoms with Gasteiger partial charge in [0, 0.05) is 29.3 Å². The molecule has 3 aromatic rings. The maximum Gasteiger partial charge on any atom is 0.296 e. The number of hydrogen-bond donors (Lipinski definition) is 1. The lowest BCUT2D eigenvalue weighted by molar-refractivity contribution is -0.384. The standard InChI is InChI=1S/C19H13N5O5S/c1-29-15-5-6-16(18(8-15)24(27)28)21-10-13(9-20)19-22-17(11-30-19)12-3-2-4-14(7-12)23(25)26/h2-8,10-11,21H,1H3. The zero-order valence-electron chi connectivity index (χ0n) is 15.4. The van der Waals surface area contributed by atoms with E-state index in [0.717, 1.165) is 0 Å². The van der Waals surface area contributed by atoms with Gasteiger partial charge in [-0.1, -0.05) is 12.1 Å². The van der Waals surface area contributed by atoms with Crippen LogP contribution in [0.3, 0.4) is 0 Å². The monoisotopic (exact) mass is 423 g/mol. The maximum atomic E-state index is 11.3. The number of nitrogens with zero attached hydrogens (tertiary/aromatic N) is 4. The molecule has 0 unspecified atom stereocenters. The highest BCUT2D eigenvalue weighted by Crippen LogP contribution is 2.31. The second kappa shape index (κ2) is 8.80. The third-order valence-electron chi connectivity index (χ3n) is 3.98. The maximum absolute atomic E-state index is 11.3. The van der Waals surface area contributed by atoms with E-state index in [2.05, 4.69) is 10.3 Å². The summed E-state index contributed by atoms with van der Waals surface area (Å²) in [5, 5.41) is 36.5. The van der Waals surface area contributed by atoms with Gasteiger partial charge in [0.05, 0.1) is 28.7 Å². The Hall–Kier alpha value is -4.30. The molecular formula is C19H13N5O5S. The number of nitrogens with one attached hydrogen (secondary N) is 1. The molecule has 10 nitrogen and oxygen atoms in total. The van der Waals surface area contributed by atoms with Crippen LogP contribution in [0.5, 0.6) is 5.75 Å². The highest BCUT2D eigenvalue weighted by Gasteiger charge is 2.16. The predicted molar refractivity (Wildman–Crippen MR) is 111 cm³/mol. The van der Waals surface area contributed by atoms with Crippen molar-refractivity contribution >= 4 is 34.0 Å². The van der Waals surface area contributed by atoms with Gasteiger partial charge in [-0.3, -0.25) is 20.2 Å². The number of nitro groups is 2. The number of aromatic nitrogens is 1. The fraction of sp³-hybridized carbons (Fsp3) is 0.0526. The molecule has 0 aliphatic carbocycles. The normalized spacial score (nSPS) is 10.9. The van der Waals surface area contributed by atoms with E-state index < -0.39 is 9.85 Å². The van der Waals surface area contributed by atoms with Crippen LogP contribution in [-0.2, 0) is 0 Å². The highest BCUT2D eigenvalue weighted by molar-refractivity contribution is 7.11. The molecule has 11 heteroatoms. The van der Waals surface area contributed by atoms with E-state index in [1.54, 1.807) is 23.6 Å². The third kappa shape index (κ3) is 4.40. The Morgan fingerprint density at radius 1 is 1.23 bits per heavy atom. The van der Waals surface area contributed by atoms with E-state index in [1.165, 1.54) is 48.9 Å². The number of benzene rings is 2. The van der Waals surface area contributed by atoms with Crippen LogP contribution in [-0.4, -0.2) is 21.9 Å². The molecule has 0 amide bonds. The van der Waals surface area contributed by atoms with Gasteiger partial charge < -0.3 is 10.1 Å². The predicted octanol–water partition coefficient (Wildman–Crippen LogP) is 4.61. The second-order valence-electron chi connectivity index (χ2n) is 5.80. The molecule has 150 valence electrons. The van der Waals surface area contributed by atoms with Crippen LogP contribution in [0.2, 0.25) is 0 Å². The third-order valence-corrected chi connectivity index (χ3v) is 4.86. The SMILES string of the molecule is COc1ccc(NC=C(C#N)c2nc(-c3cccc([N+](=O)[O-])c3)cs2)c([N+](=O)[O-])c1. The first-order chi connectivity index (χ1) is 14.4. The molecule has 0 radical (unpaired) electrons.